The van der Waals surface area contributed by atoms with Gasteiger partial charge >= 0.3 is 0 Å². The summed E-state index contributed by atoms with van der Waals surface area (Å²) in [5.41, 5.74) is 0.448. The van der Waals surface area contributed by atoms with E-state index in [1.165, 1.54) is 25.3 Å². The molecule has 6 nitrogen and oxygen atoms in total. The van der Waals surface area contributed by atoms with E-state index in [1.807, 2.05) is 0 Å². The number of aliphatic hydroxyl groups excluding tert-OH is 1. The van der Waals surface area contributed by atoms with Crippen LogP contribution in [0.1, 0.15) is 5.56 Å². The highest BCUT2D eigenvalue weighted by Gasteiger charge is 2.30. The van der Waals surface area contributed by atoms with Gasteiger partial charge in [-0.2, -0.15) is 0 Å². The molecule has 1 aromatic carbocycles. The smallest absolute Gasteiger partial charge is 0.286 e. The van der Waals surface area contributed by atoms with E-state index in [9.17, 15) is 19.1 Å². The Hall–Kier alpha value is -2.12. The summed E-state index contributed by atoms with van der Waals surface area (Å²) in [5.74, 6) is -2.56. The topological polar surface area (TPSA) is 78.9 Å². The molecule has 0 bridgehead atoms. The van der Waals surface area contributed by atoms with Crippen molar-refractivity contribution in [3.63, 3.8) is 0 Å². The fraction of sp³-hybridized carbons (Fsp3) is 0.231. The Balaban J connectivity index is 2.18. The Bertz CT molecular complexity index is 633. The minimum atomic E-state index is -0.709. The van der Waals surface area contributed by atoms with Gasteiger partial charge in [0.2, 0.25) is 0 Å². The standard InChI is InChI=1S/C13H12ClFN2O4/c1-21-17(6-7-2-3-10(15)9(14)4-7)13(20)8-5-16-12(19)11(8)18/h2-4,18H,5-6H2,1H3,(H,16,19). The number of hydrogen-bond donors (Lipinski definition) is 2. The predicted molar refractivity (Wildman–Crippen MR) is 71.6 cm³/mol. The monoisotopic (exact) mass is 314 g/mol. The molecule has 0 unspecified atom stereocenters. The van der Waals surface area contributed by atoms with Crippen LogP contribution in [0.5, 0.6) is 0 Å². The van der Waals surface area contributed by atoms with Crippen LogP contribution in [0.2, 0.25) is 5.02 Å². The summed E-state index contributed by atoms with van der Waals surface area (Å²) in [6, 6.07) is 3.99. The molecule has 8 heteroatoms. The Labute approximate surface area is 124 Å². The molecule has 0 atom stereocenters. The molecule has 0 aromatic heterocycles. The lowest BCUT2D eigenvalue weighted by Crippen LogP contribution is -2.32. The van der Waals surface area contributed by atoms with Crippen molar-refractivity contribution >= 4 is 23.4 Å². The first-order valence-corrected chi connectivity index (χ1v) is 6.32. The SMILES string of the molecule is CON(Cc1ccc(F)c(Cl)c1)C(=O)C1=C(O)C(=O)NC1. The second-order valence-electron chi connectivity index (χ2n) is 4.28. The zero-order valence-corrected chi connectivity index (χ0v) is 11.8. The molecule has 0 aliphatic carbocycles. The van der Waals surface area contributed by atoms with E-state index in [-0.39, 0.29) is 23.7 Å². The van der Waals surface area contributed by atoms with Crippen LogP contribution < -0.4 is 5.32 Å². The van der Waals surface area contributed by atoms with Gasteiger partial charge in [-0.3, -0.25) is 14.4 Å². The van der Waals surface area contributed by atoms with Gasteiger partial charge in [0, 0.05) is 0 Å². The zero-order valence-electron chi connectivity index (χ0n) is 11.0. The van der Waals surface area contributed by atoms with Crippen molar-refractivity contribution < 1.29 is 23.9 Å². The number of halogens is 2. The molecule has 0 saturated carbocycles. The number of rotatable bonds is 4. The number of nitrogens with zero attached hydrogens (tertiary/aromatic N) is 1. The summed E-state index contributed by atoms with van der Waals surface area (Å²) in [6.07, 6.45) is 0. The van der Waals surface area contributed by atoms with E-state index in [2.05, 4.69) is 5.32 Å². The molecule has 1 heterocycles. The van der Waals surface area contributed by atoms with Crippen molar-refractivity contribution in [1.82, 2.24) is 10.4 Å². The number of carbonyl (C=O) groups is 2. The van der Waals surface area contributed by atoms with Gasteiger partial charge < -0.3 is 10.4 Å². The fourth-order valence-electron chi connectivity index (χ4n) is 1.82. The lowest BCUT2D eigenvalue weighted by Gasteiger charge is -2.20. The van der Waals surface area contributed by atoms with Crippen LogP contribution >= 0.6 is 11.6 Å². The summed E-state index contributed by atoms with van der Waals surface area (Å²) >= 11 is 5.67. The normalized spacial score (nSPS) is 14.3. The number of aliphatic hydroxyl groups is 1. The number of hydrogen-bond acceptors (Lipinski definition) is 4. The summed E-state index contributed by atoms with van der Waals surface area (Å²) in [6.45, 7) is -0.0894. The maximum atomic E-state index is 13.1. The Morgan fingerprint density at radius 1 is 1.57 bits per heavy atom. The van der Waals surface area contributed by atoms with Gasteiger partial charge in [-0.25, -0.2) is 9.45 Å². The molecule has 2 amide bonds. The summed E-state index contributed by atoms with van der Waals surface area (Å²) in [7, 11) is 1.27. The third-order valence-corrected chi connectivity index (χ3v) is 3.23. The Kier molecular flexibility index (Phi) is 4.44. The first-order chi connectivity index (χ1) is 9.93. The van der Waals surface area contributed by atoms with Crippen LogP contribution in [0.15, 0.2) is 29.5 Å². The highest BCUT2D eigenvalue weighted by Crippen LogP contribution is 2.19. The van der Waals surface area contributed by atoms with Gasteiger partial charge in [-0.1, -0.05) is 17.7 Å². The van der Waals surface area contributed by atoms with Gasteiger partial charge in [0.15, 0.2) is 5.76 Å². The molecule has 1 aromatic rings. The summed E-state index contributed by atoms with van der Waals surface area (Å²) in [4.78, 5) is 28.3. The molecule has 0 fully saturated rings. The third-order valence-electron chi connectivity index (χ3n) is 2.94. The van der Waals surface area contributed by atoms with Crippen molar-refractivity contribution in [1.29, 1.82) is 0 Å². The number of nitrogens with one attached hydrogen (secondary N) is 1. The molecular weight excluding hydrogens is 303 g/mol. The number of carbonyl (C=O) groups excluding carboxylic acids is 2. The molecule has 2 rings (SSSR count). The second-order valence-corrected chi connectivity index (χ2v) is 4.69. The summed E-state index contributed by atoms with van der Waals surface area (Å²) in [5, 5.41) is 12.7. The highest BCUT2D eigenvalue weighted by molar-refractivity contribution is 6.30. The van der Waals surface area contributed by atoms with Crippen LogP contribution in [0, 0.1) is 5.82 Å². The van der Waals surface area contributed by atoms with Crippen molar-refractivity contribution in [3.05, 3.63) is 45.9 Å². The van der Waals surface area contributed by atoms with Crippen LogP contribution in [-0.4, -0.2) is 35.6 Å². The quantitative estimate of drug-likeness (QED) is 0.821. The maximum Gasteiger partial charge on any atom is 0.286 e. The zero-order chi connectivity index (χ0) is 15.6. The van der Waals surface area contributed by atoms with Crippen molar-refractivity contribution in [2.45, 2.75) is 6.54 Å². The van der Waals surface area contributed by atoms with Crippen LogP contribution in [0.4, 0.5) is 4.39 Å². The van der Waals surface area contributed by atoms with E-state index in [0.717, 1.165) is 5.06 Å². The van der Waals surface area contributed by atoms with Crippen LogP contribution in [0.25, 0.3) is 0 Å². The average molecular weight is 315 g/mol. The molecule has 112 valence electrons. The van der Waals surface area contributed by atoms with E-state index in [4.69, 9.17) is 16.4 Å². The van der Waals surface area contributed by atoms with Crippen molar-refractivity contribution in [2.75, 3.05) is 13.7 Å². The lowest BCUT2D eigenvalue weighted by atomic mass is 10.2. The molecule has 0 saturated heterocycles. The molecule has 1 aliphatic rings. The van der Waals surface area contributed by atoms with E-state index in [0.29, 0.717) is 5.56 Å². The van der Waals surface area contributed by atoms with E-state index >= 15 is 0 Å². The average Bonchev–Trinajstić information content (AvgIpc) is 2.79. The molecular formula is C13H12ClFN2O4. The van der Waals surface area contributed by atoms with Gasteiger partial charge in [-0.05, 0) is 17.7 Å². The van der Waals surface area contributed by atoms with Crippen molar-refractivity contribution in [2.24, 2.45) is 0 Å². The Morgan fingerprint density at radius 3 is 2.81 bits per heavy atom. The second kappa shape index (κ2) is 6.11. The molecule has 0 spiro atoms. The van der Waals surface area contributed by atoms with E-state index < -0.39 is 23.4 Å². The van der Waals surface area contributed by atoms with Gasteiger partial charge in [-0.15, -0.1) is 0 Å². The Morgan fingerprint density at radius 2 is 2.29 bits per heavy atom. The molecule has 2 N–H and O–H groups in total. The van der Waals surface area contributed by atoms with E-state index in [1.54, 1.807) is 0 Å². The molecule has 1 aliphatic heterocycles. The lowest BCUT2D eigenvalue weighted by molar-refractivity contribution is -0.174. The summed E-state index contributed by atoms with van der Waals surface area (Å²) < 4.78 is 13.1. The van der Waals surface area contributed by atoms with Crippen LogP contribution in [-0.2, 0) is 21.0 Å². The molecule has 21 heavy (non-hydrogen) atoms. The number of hydroxylamine groups is 2. The first-order valence-electron chi connectivity index (χ1n) is 5.94. The molecule has 0 radical (unpaired) electrons. The largest absolute Gasteiger partial charge is 0.503 e. The van der Waals surface area contributed by atoms with Crippen LogP contribution in [0.3, 0.4) is 0 Å². The van der Waals surface area contributed by atoms with Gasteiger partial charge in [0.05, 0.1) is 30.8 Å². The minimum absolute atomic E-state index is 0.0136. The highest BCUT2D eigenvalue weighted by atomic mass is 35.5. The minimum Gasteiger partial charge on any atom is -0.503 e. The van der Waals surface area contributed by atoms with Gasteiger partial charge in [0.25, 0.3) is 11.8 Å². The maximum absolute atomic E-state index is 13.1. The third kappa shape index (κ3) is 3.14. The predicted octanol–water partition coefficient (Wildman–Crippen LogP) is 1.31. The fourth-order valence-corrected chi connectivity index (χ4v) is 2.03. The van der Waals surface area contributed by atoms with Gasteiger partial charge in [0.1, 0.15) is 5.82 Å². The number of amides is 2. The first kappa shape index (κ1) is 15.3. The van der Waals surface area contributed by atoms with Crippen molar-refractivity contribution in [3.8, 4) is 0 Å². The number of benzene rings is 1.